The molecule has 0 saturated carbocycles. The number of thioether (sulfide) groups is 1. The lowest BCUT2D eigenvalue weighted by atomic mass is 10.3. The molecule has 0 saturated heterocycles. The van der Waals surface area contributed by atoms with Gasteiger partial charge in [0.1, 0.15) is 5.75 Å². The largest absolute Gasteiger partial charge is 0.324 e. The van der Waals surface area contributed by atoms with Crippen LogP contribution in [0.3, 0.4) is 0 Å². The molecule has 0 bridgehead atoms. The van der Waals surface area contributed by atoms with Crippen LogP contribution in [0.15, 0.2) is 29.2 Å². The van der Waals surface area contributed by atoms with Gasteiger partial charge in [-0.3, -0.25) is 4.79 Å². The standard InChI is InChI=1S/C11H15NO3S2/c1-3-17(14,15)8-11(13)12-9-6-4-5-7-10(9)16-2/h4-7H,3,8H2,1-2H3,(H,12,13). The highest BCUT2D eigenvalue weighted by atomic mass is 32.2. The molecule has 0 heterocycles. The molecule has 1 aromatic carbocycles. The Hall–Kier alpha value is -1.01. The third-order valence-corrected chi connectivity index (χ3v) is 4.55. The Morgan fingerprint density at radius 1 is 1.35 bits per heavy atom. The number of carbonyl (C=O) groups is 1. The van der Waals surface area contributed by atoms with E-state index < -0.39 is 21.5 Å². The van der Waals surface area contributed by atoms with E-state index in [1.165, 1.54) is 18.7 Å². The Balaban J connectivity index is 2.75. The lowest BCUT2D eigenvalue weighted by Gasteiger charge is -2.08. The zero-order valence-electron chi connectivity index (χ0n) is 9.76. The van der Waals surface area contributed by atoms with Gasteiger partial charge in [0.15, 0.2) is 9.84 Å². The summed E-state index contributed by atoms with van der Waals surface area (Å²) in [5, 5.41) is 2.61. The molecule has 0 atom stereocenters. The van der Waals surface area contributed by atoms with Crippen LogP contribution in [0.2, 0.25) is 0 Å². The van der Waals surface area contributed by atoms with E-state index in [0.29, 0.717) is 5.69 Å². The zero-order valence-corrected chi connectivity index (χ0v) is 11.4. The van der Waals surface area contributed by atoms with Crippen molar-refractivity contribution in [2.75, 3.05) is 23.1 Å². The van der Waals surface area contributed by atoms with Crippen molar-refractivity contribution >= 4 is 33.2 Å². The number of nitrogens with one attached hydrogen (secondary N) is 1. The molecule has 94 valence electrons. The first-order valence-corrected chi connectivity index (χ1v) is 8.16. The highest BCUT2D eigenvalue weighted by molar-refractivity contribution is 7.98. The summed E-state index contributed by atoms with van der Waals surface area (Å²) >= 11 is 1.50. The molecule has 0 aliphatic carbocycles. The van der Waals surface area contributed by atoms with Crippen molar-refractivity contribution < 1.29 is 13.2 Å². The van der Waals surface area contributed by atoms with E-state index >= 15 is 0 Å². The van der Waals surface area contributed by atoms with E-state index in [2.05, 4.69) is 5.32 Å². The number of anilines is 1. The van der Waals surface area contributed by atoms with Crippen LogP contribution in [0.4, 0.5) is 5.69 Å². The van der Waals surface area contributed by atoms with Crippen molar-refractivity contribution in [2.45, 2.75) is 11.8 Å². The van der Waals surface area contributed by atoms with Gasteiger partial charge in [0.25, 0.3) is 0 Å². The molecular formula is C11H15NO3S2. The molecule has 6 heteroatoms. The van der Waals surface area contributed by atoms with Crippen molar-refractivity contribution in [3.8, 4) is 0 Å². The predicted octanol–water partition coefficient (Wildman–Crippen LogP) is 1.78. The van der Waals surface area contributed by atoms with Crippen LogP contribution < -0.4 is 5.32 Å². The van der Waals surface area contributed by atoms with Gasteiger partial charge >= 0.3 is 0 Å². The summed E-state index contributed by atoms with van der Waals surface area (Å²) in [6.45, 7) is 1.53. The highest BCUT2D eigenvalue weighted by Gasteiger charge is 2.15. The van der Waals surface area contributed by atoms with E-state index in [0.717, 1.165) is 4.90 Å². The fraction of sp³-hybridized carbons (Fsp3) is 0.364. The summed E-state index contributed by atoms with van der Waals surface area (Å²) in [7, 11) is -3.28. The third kappa shape index (κ3) is 4.40. The lowest BCUT2D eigenvalue weighted by Crippen LogP contribution is -2.24. The Labute approximate surface area is 106 Å². The average Bonchev–Trinajstić information content (AvgIpc) is 2.29. The smallest absolute Gasteiger partial charge is 0.239 e. The summed E-state index contributed by atoms with van der Waals surface area (Å²) in [6, 6.07) is 7.28. The molecule has 0 aliphatic heterocycles. The maximum atomic E-state index is 11.6. The van der Waals surface area contributed by atoms with Gasteiger partial charge in [-0.15, -0.1) is 11.8 Å². The Morgan fingerprint density at radius 3 is 2.59 bits per heavy atom. The first kappa shape index (κ1) is 14.1. The van der Waals surface area contributed by atoms with Crippen molar-refractivity contribution in [1.82, 2.24) is 0 Å². The van der Waals surface area contributed by atoms with Crippen LogP contribution in [0.25, 0.3) is 0 Å². The SMILES string of the molecule is CCS(=O)(=O)CC(=O)Nc1ccccc1SC. The van der Waals surface area contributed by atoms with Crippen LogP contribution in [0.1, 0.15) is 6.92 Å². The number of benzene rings is 1. The van der Waals surface area contributed by atoms with Crippen LogP contribution in [-0.4, -0.2) is 32.1 Å². The van der Waals surface area contributed by atoms with Crippen molar-refractivity contribution in [3.05, 3.63) is 24.3 Å². The number of hydrogen-bond acceptors (Lipinski definition) is 4. The first-order valence-electron chi connectivity index (χ1n) is 5.12. The van der Waals surface area contributed by atoms with Crippen LogP contribution >= 0.6 is 11.8 Å². The van der Waals surface area contributed by atoms with E-state index in [4.69, 9.17) is 0 Å². The number of para-hydroxylation sites is 1. The second-order valence-electron chi connectivity index (χ2n) is 3.43. The van der Waals surface area contributed by atoms with Gasteiger partial charge < -0.3 is 5.32 Å². The van der Waals surface area contributed by atoms with Gasteiger partial charge in [0, 0.05) is 10.6 Å². The second-order valence-corrected chi connectivity index (χ2v) is 6.63. The monoisotopic (exact) mass is 273 g/mol. The number of carbonyl (C=O) groups excluding carboxylic acids is 1. The van der Waals surface area contributed by atoms with Gasteiger partial charge in [-0.05, 0) is 18.4 Å². The van der Waals surface area contributed by atoms with E-state index in [1.807, 2.05) is 18.4 Å². The van der Waals surface area contributed by atoms with Crippen molar-refractivity contribution in [2.24, 2.45) is 0 Å². The maximum absolute atomic E-state index is 11.6. The normalized spacial score (nSPS) is 11.2. The summed E-state index contributed by atoms with van der Waals surface area (Å²) < 4.78 is 22.6. The topological polar surface area (TPSA) is 63.2 Å². The molecule has 0 aromatic heterocycles. The van der Waals surface area contributed by atoms with Gasteiger partial charge in [0.05, 0.1) is 5.69 Å². The van der Waals surface area contributed by atoms with Crippen molar-refractivity contribution in [3.63, 3.8) is 0 Å². The molecule has 0 unspecified atom stereocenters. The van der Waals surface area contributed by atoms with Gasteiger partial charge in [0.2, 0.25) is 5.91 Å². The fourth-order valence-corrected chi connectivity index (χ4v) is 2.47. The summed E-state index contributed by atoms with van der Waals surface area (Å²) in [6.07, 6.45) is 1.90. The van der Waals surface area contributed by atoms with Crippen LogP contribution in [0, 0.1) is 0 Å². The van der Waals surface area contributed by atoms with E-state index in [1.54, 1.807) is 12.1 Å². The van der Waals surface area contributed by atoms with Crippen LogP contribution in [0.5, 0.6) is 0 Å². The number of hydrogen-bond donors (Lipinski definition) is 1. The van der Waals surface area contributed by atoms with E-state index in [9.17, 15) is 13.2 Å². The number of sulfone groups is 1. The molecule has 1 amide bonds. The highest BCUT2D eigenvalue weighted by Crippen LogP contribution is 2.24. The van der Waals surface area contributed by atoms with Gasteiger partial charge in [-0.1, -0.05) is 19.1 Å². The van der Waals surface area contributed by atoms with E-state index in [-0.39, 0.29) is 5.75 Å². The molecular weight excluding hydrogens is 258 g/mol. The molecule has 17 heavy (non-hydrogen) atoms. The minimum atomic E-state index is -3.28. The minimum Gasteiger partial charge on any atom is -0.324 e. The summed E-state index contributed by atoms with van der Waals surface area (Å²) in [4.78, 5) is 12.5. The molecule has 0 spiro atoms. The number of amides is 1. The Morgan fingerprint density at radius 2 is 2.00 bits per heavy atom. The average molecular weight is 273 g/mol. The molecule has 1 N–H and O–H groups in total. The molecule has 0 radical (unpaired) electrons. The predicted molar refractivity (Wildman–Crippen MR) is 71.2 cm³/mol. The summed E-state index contributed by atoms with van der Waals surface area (Å²) in [5.74, 6) is -0.982. The van der Waals surface area contributed by atoms with Crippen molar-refractivity contribution in [1.29, 1.82) is 0 Å². The molecule has 4 nitrogen and oxygen atoms in total. The quantitative estimate of drug-likeness (QED) is 0.831. The molecule has 0 fully saturated rings. The molecule has 1 aromatic rings. The third-order valence-electron chi connectivity index (χ3n) is 2.17. The Kier molecular flexibility index (Phi) is 5.02. The summed E-state index contributed by atoms with van der Waals surface area (Å²) in [5.41, 5.74) is 0.649. The minimum absolute atomic E-state index is 0.0232. The lowest BCUT2D eigenvalue weighted by molar-refractivity contribution is -0.113. The molecule has 0 aliphatic rings. The Bertz CT molecular complexity index is 497. The molecule has 1 rings (SSSR count). The van der Waals surface area contributed by atoms with Gasteiger partial charge in [-0.2, -0.15) is 0 Å². The maximum Gasteiger partial charge on any atom is 0.239 e. The first-order chi connectivity index (χ1) is 7.98. The zero-order chi connectivity index (χ0) is 12.9. The fourth-order valence-electron chi connectivity index (χ4n) is 1.24. The second kappa shape index (κ2) is 6.07. The number of rotatable bonds is 5. The van der Waals surface area contributed by atoms with Gasteiger partial charge in [-0.25, -0.2) is 8.42 Å². The van der Waals surface area contributed by atoms with Crippen LogP contribution in [-0.2, 0) is 14.6 Å².